The van der Waals surface area contributed by atoms with Gasteiger partial charge in [0.25, 0.3) is 0 Å². The average molecular weight is 422 g/mol. The quantitative estimate of drug-likeness (QED) is 0.475. The van der Waals surface area contributed by atoms with Crippen LogP contribution in [0, 0.1) is 16.0 Å². The standard InChI is InChI=1S/C22H22N4O5/c1-31-20-4-2-3-18-16(20)7-8-23(18)13-21(27)24-10-14-9-15(12-24)17-5-6-19(26(29)30)22(28)25(17)11-14/h2-8,14-15H,9-13H2,1H3/t14-,15-/m1/s1. The van der Waals surface area contributed by atoms with E-state index in [1.807, 2.05) is 39.9 Å². The molecule has 9 nitrogen and oxygen atoms in total. The molecule has 1 fully saturated rings. The van der Waals surface area contributed by atoms with E-state index in [-0.39, 0.29) is 24.3 Å². The molecule has 3 aromatic rings. The van der Waals surface area contributed by atoms with Gasteiger partial charge in [0.2, 0.25) is 5.91 Å². The molecule has 2 aliphatic rings. The van der Waals surface area contributed by atoms with E-state index in [1.165, 1.54) is 10.6 Å². The number of carbonyl (C=O) groups excluding carboxylic acids is 1. The van der Waals surface area contributed by atoms with E-state index in [9.17, 15) is 19.7 Å². The Kier molecular flexibility index (Phi) is 4.53. The Balaban J connectivity index is 1.38. The number of pyridine rings is 1. The first kappa shape index (κ1) is 19.3. The zero-order valence-corrected chi connectivity index (χ0v) is 17.1. The number of ether oxygens (including phenoxy) is 1. The van der Waals surface area contributed by atoms with Gasteiger partial charge in [0.1, 0.15) is 12.3 Å². The minimum atomic E-state index is -0.633. The second-order valence-corrected chi connectivity index (χ2v) is 8.25. The number of nitrogens with zero attached hydrogens (tertiary/aromatic N) is 4. The Labute approximate surface area is 177 Å². The van der Waals surface area contributed by atoms with Crippen molar-refractivity contribution in [3.63, 3.8) is 0 Å². The third kappa shape index (κ3) is 3.17. The van der Waals surface area contributed by atoms with Crippen LogP contribution < -0.4 is 10.3 Å². The van der Waals surface area contributed by atoms with Crippen LogP contribution in [0.3, 0.4) is 0 Å². The number of aromatic nitrogens is 2. The lowest BCUT2D eigenvalue weighted by molar-refractivity contribution is -0.386. The second-order valence-electron chi connectivity index (χ2n) is 8.25. The maximum Gasteiger partial charge on any atom is 0.334 e. The van der Waals surface area contributed by atoms with Crippen molar-refractivity contribution in [2.45, 2.75) is 25.4 Å². The SMILES string of the molecule is COc1cccc2c1ccn2CC(=O)N1C[C@H]2C[C@H](C1)c1ccc([N+](=O)[O-])c(=O)n1C2. The van der Waals surface area contributed by atoms with Gasteiger partial charge in [-0.05, 0) is 36.6 Å². The van der Waals surface area contributed by atoms with Gasteiger partial charge in [-0.1, -0.05) is 6.07 Å². The predicted molar refractivity (Wildman–Crippen MR) is 113 cm³/mol. The fraction of sp³-hybridized carbons (Fsp3) is 0.364. The van der Waals surface area contributed by atoms with Crippen molar-refractivity contribution in [1.29, 1.82) is 0 Å². The van der Waals surface area contributed by atoms with Crippen LogP contribution in [0.15, 0.2) is 47.4 Å². The van der Waals surface area contributed by atoms with Crippen LogP contribution in [0.2, 0.25) is 0 Å². The smallest absolute Gasteiger partial charge is 0.334 e. The number of rotatable bonds is 4. The Morgan fingerprint density at radius 1 is 1.19 bits per heavy atom. The molecule has 1 saturated heterocycles. The number of hydrogen-bond donors (Lipinski definition) is 0. The fourth-order valence-corrected chi connectivity index (χ4v) is 5.03. The largest absolute Gasteiger partial charge is 0.496 e. The molecule has 4 heterocycles. The summed E-state index contributed by atoms with van der Waals surface area (Å²) in [6.45, 7) is 1.69. The van der Waals surface area contributed by atoms with Crippen LogP contribution in [0.25, 0.3) is 10.9 Å². The lowest BCUT2D eigenvalue weighted by Gasteiger charge is -2.42. The number of fused-ring (bicyclic) bond motifs is 5. The van der Waals surface area contributed by atoms with Crippen LogP contribution >= 0.6 is 0 Å². The maximum atomic E-state index is 13.1. The summed E-state index contributed by atoms with van der Waals surface area (Å²) in [4.78, 5) is 38.0. The lowest BCUT2D eigenvalue weighted by Crippen LogP contribution is -2.50. The van der Waals surface area contributed by atoms with Gasteiger partial charge in [-0.25, -0.2) is 0 Å². The summed E-state index contributed by atoms with van der Waals surface area (Å²) in [6.07, 6.45) is 2.77. The van der Waals surface area contributed by atoms with Crippen molar-refractivity contribution in [3.05, 3.63) is 68.8 Å². The van der Waals surface area contributed by atoms with Crippen LogP contribution in [0.1, 0.15) is 18.0 Å². The van der Waals surface area contributed by atoms with E-state index in [4.69, 9.17) is 4.74 Å². The van der Waals surface area contributed by atoms with E-state index in [0.29, 0.717) is 19.6 Å². The Hall–Kier alpha value is -3.62. The predicted octanol–water partition coefficient (Wildman–Crippen LogP) is 2.37. The van der Waals surface area contributed by atoms with Gasteiger partial charge in [0.05, 0.1) is 17.5 Å². The minimum Gasteiger partial charge on any atom is -0.496 e. The van der Waals surface area contributed by atoms with Gasteiger partial charge in [0, 0.05) is 48.9 Å². The zero-order chi connectivity index (χ0) is 21.7. The Bertz CT molecular complexity index is 1260. The first-order valence-corrected chi connectivity index (χ1v) is 10.2. The van der Waals surface area contributed by atoms with E-state index in [0.717, 1.165) is 28.8 Å². The fourth-order valence-electron chi connectivity index (χ4n) is 5.03. The molecule has 0 radical (unpaired) electrons. The molecule has 9 heteroatoms. The number of carbonyl (C=O) groups is 1. The van der Waals surface area contributed by atoms with Crippen molar-refractivity contribution in [2.75, 3.05) is 20.2 Å². The number of piperidine rings is 1. The molecular formula is C22H22N4O5. The molecule has 31 heavy (non-hydrogen) atoms. The molecule has 0 spiro atoms. The number of benzene rings is 1. The van der Waals surface area contributed by atoms with Gasteiger partial charge in [-0.3, -0.25) is 19.7 Å². The summed E-state index contributed by atoms with van der Waals surface area (Å²) >= 11 is 0. The van der Waals surface area contributed by atoms with Crippen molar-refractivity contribution < 1.29 is 14.5 Å². The molecule has 5 rings (SSSR count). The van der Waals surface area contributed by atoms with Crippen LogP contribution in [0.4, 0.5) is 5.69 Å². The van der Waals surface area contributed by atoms with Crippen molar-refractivity contribution >= 4 is 22.5 Å². The van der Waals surface area contributed by atoms with Crippen LogP contribution in [-0.4, -0.2) is 45.1 Å². The van der Waals surface area contributed by atoms with Gasteiger partial charge < -0.3 is 18.8 Å². The van der Waals surface area contributed by atoms with Crippen molar-refractivity contribution in [1.82, 2.24) is 14.0 Å². The van der Waals surface area contributed by atoms with E-state index in [1.54, 1.807) is 13.2 Å². The van der Waals surface area contributed by atoms with E-state index in [2.05, 4.69) is 0 Å². The molecule has 2 aromatic heterocycles. The number of hydrogen-bond acceptors (Lipinski definition) is 5. The molecule has 2 atom stereocenters. The van der Waals surface area contributed by atoms with E-state index >= 15 is 0 Å². The normalized spacial score (nSPS) is 19.8. The number of amides is 1. The van der Waals surface area contributed by atoms with Gasteiger partial charge in [-0.2, -0.15) is 0 Å². The first-order valence-electron chi connectivity index (χ1n) is 10.2. The van der Waals surface area contributed by atoms with Crippen LogP contribution in [-0.2, 0) is 17.9 Å². The highest BCUT2D eigenvalue weighted by Crippen LogP contribution is 2.36. The molecule has 0 aliphatic carbocycles. The molecule has 1 amide bonds. The third-order valence-electron chi connectivity index (χ3n) is 6.43. The molecule has 2 bridgehead atoms. The molecule has 0 N–H and O–H groups in total. The summed E-state index contributed by atoms with van der Waals surface area (Å²) in [6, 6.07) is 10.7. The molecular weight excluding hydrogens is 400 g/mol. The summed E-state index contributed by atoms with van der Waals surface area (Å²) in [7, 11) is 1.63. The number of likely N-dealkylation sites (tertiary alicyclic amines) is 1. The lowest BCUT2D eigenvalue weighted by atomic mass is 9.83. The van der Waals surface area contributed by atoms with Crippen molar-refractivity contribution in [3.8, 4) is 5.75 Å². The second kappa shape index (κ2) is 7.26. The van der Waals surface area contributed by atoms with E-state index < -0.39 is 16.2 Å². The topological polar surface area (TPSA) is 99.6 Å². The molecule has 1 aromatic carbocycles. The Morgan fingerprint density at radius 2 is 2.03 bits per heavy atom. The maximum absolute atomic E-state index is 13.1. The summed E-state index contributed by atoms with van der Waals surface area (Å²) in [5.41, 5.74) is 0.769. The van der Waals surface area contributed by atoms with Crippen molar-refractivity contribution in [2.24, 2.45) is 5.92 Å². The number of methoxy groups -OCH3 is 1. The molecule has 160 valence electrons. The molecule has 0 saturated carbocycles. The van der Waals surface area contributed by atoms with Gasteiger partial charge in [0.15, 0.2) is 0 Å². The number of nitro groups is 1. The van der Waals surface area contributed by atoms with Gasteiger partial charge in [-0.15, -0.1) is 0 Å². The molecule has 0 unspecified atom stereocenters. The van der Waals surface area contributed by atoms with Crippen LogP contribution in [0.5, 0.6) is 5.75 Å². The highest BCUT2D eigenvalue weighted by Gasteiger charge is 2.37. The summed E-state index contributed by atoms with van der Waals surface area (Å²) < 4.78 is 8.86. The van der Waals surface area contributed by atoms with Gasteiger partial charge >= 0.3 is 11.2 Å². The first-order chi connectivity index (χ1) is 15.0. The zero-order valence-electron chi connectivity index (χ0n) is 17.1. The highest BCUT2D eigenvalue weighted by atomic mass is 16.6. The monoisotopic (exact) mass is 422 g/mol. The summed E-state index contributed by atoms with van der Waals surface area (Å²) in [5.74, 6) is 0.905. The third-order valence-corrected chi connectivity index (χ3v) is 6.43. The summed E-state index contributed by atoms with van der Waals surface area (Å²) in [5, 5.41) is 12.1. The Morgan fingerprint density at radius 3 is 2.81 bits per heavy atom. The highest BCUT2D eigenvalue weighted by molar-refractivity contribution is 5.88. The minimum absolute atomic E-state index is 0.00598. The molecule has 2 aliphatic heterocycles. The average Bonchev–Trinajstić information content (AvgIpc) is 3.17.